The van der Waals surface area contributed by atoms with Crippen molar-refractivity contribution in [2.45, 2.75) is 12.8 Å². The minimum absolute atomic E-state index is 0.0645. The summed E-state index contributed by atoms with van der Waals surface area (Å²) in [6.07, 6.45) is 3.54. The van der Waals surface area contributed by atoms with Gasteiger partial charge >= 0.3 is 0 Å². The number of benzene rings is 2. The largest absolute Gasteiger partial charge is 0.493 e. The lowest BCUT2D eigenvalue weighted by Crippen LogP contribution is -2.11. The molecule has 6 heteroatoms. The summed E-state index contributed by atoms with van der Waals surface area (Å²) < 4.78 is 5.79. The lowest BCUT2D eigenvalue weighted by molar-refractivity contribution is -0.114. The Bertz CT molecular complexity index is 1030. The molecule has 0 unspecified atom stereocenters. The van der Waals surface area contributed by atoms with Gasteiger partial charge in [0.05, 0.1) is 16.6 Å². The van der Waals surface area contributed by atoms with Crippen LogP contribution in [0.1, 0.15) is 23.4 Å². The predicted molar refractivity (Wildman–Crippen MR) is 108 cm³/mol. The third-order valence-corrected chi connectivity index (χ3v) is 6.03. The van der Waals surface area contributed by atoms with Gasteiger partial charge in [0.2, 0.25) is 0 Å². The van der Waals surface area contributed by atoms with Crippen LogP contribution in [0, 0.1) is 5.41 Å². The number of carbonyl (C=O) groups excluding carboxylic acids is 1. The van der Waals surface area contributed by atoms with Gasteiger partial charge in [0.1, 0.15) is 16.7 Å². The van der Waals surface area contributed by atoms with E-state index in [1.807, 2.05) is 54.8 Å². The molecule has 1 aliphatic heterocycles. The van der Waals surface area contributed by atoms with Crippen LogP contribution in [0.3, 0.4) is 0 Å². The molecule has 130 valence electrons. The van der Waals surface area contributed by atoms with E-state index in [0.717, 1.165) is 22.1 Å². The highest BCUT2D eigenvalue weighted by molar-refractivity contribution is 8.19. The van der Waals surface area contributed by atoms with Crippen LogP contribution in [0.25, 0.3) is 16.8 Å². The van der Waals surface area contributed by atoms with Crippen LogP contribution in [0.2, 0.25) is 0 Å². The van der Waals surface area contributed by atoms with Crippen molar-refractivity contribution in [2.75, 3.05) is 6.61 Å². The average molecular weight is 380 g/mol. The zero-order valence-electron chi connectivity index (χ0n) is 14.1. The topological polar surface area (TPSA) is 63.0 Å². The fourth-order valence-electron chi connectivity index (χ4n) is 3.03. The molecule has 0 bridgehead atoms. The summed E-state index contributed by atoms with van der Waals surface area (Å²) in [5.41, 5.74) is 0.883. The van der Waals surface area contributed by atoms with E-state index in [-0.39, 0.29) is 5.78 Å². The monoisotopic (exact) mass is 380 g/mol. The Kier molecular flexibility index (Phi) is 4.61. The molecule has 1 aliphatic rings. The van der Waals surface area contributed by atoms with E-state index in [4.69, 9.17) is 10.1 Å². The number of allylic oxidation sites excluding steroid dienone is 1. The highest BCUT2D eigenvalue weighted by atomic mass is 32.2. The predicted octanol–water partition coefficient (Wildman–Crippen LogP) is 5.11. The minimum Gasteiger partial charge on any atom is -0.493 e. The molecular weight excluding hydrogens is 364 g/mol. The van der Waals surface area contributed by atoms with Gasteiger partial charge in [0.25, 0.3) is 0 Å². The quantitative estimate of drug-likeness (QED) is 0.639. The molecule has 0 amide bonds. The first-order valence-electron chi connectivity index (χ1n) is 8.25. The van der Waals surface area contributed by atoms with Gasteiger partial charge in [0.15, 0.2) is 5.78 Å². The average Bonchev–Trinajstić information content (AvgIpc) is 3.25. The van der Waals surface area contributed by atoms with Gasteiger partial charge in [-0.25, -0.2) is 4.98 Å². The second-order valence-corrected chi connectivity index (χ2v) is 7.78. The molecular formula is C20H16N2O2S2. The molecule has 2 heterocycles. The zero-order valence-corrected chi connectivity index (χ0v) is 15.7. The maximum absolute atomic E-state index is 12.9. The van der Waals surface area contributed by atoms with Gasteiger partial charge in [-0.3, -0.25) is 10.2 Å². The Morgan fingerprint density at radius 1 is 1.27 bits per heavy atom. The normalized spacial score (nSPS) is 18.8. The Balaban J connectivity index is 1.82. The number of carbonyl (C=O) groups is 1. The molecule has 2 aromatic carbocycles. The van der Waals surface area contributed by atoms with E-state index in [0.29, 0.717) is 21.6 Å². The van der Waals surface area contributed by atoms with Gasteiger partial charge in [-0.05, 0) is 29.8 Å². The Morgan fingerprint density at radius 3 is 2.88 bits per heavy atom. The molecule has 1 N–H and O–H groups in total. The van der Waals surface area contributed by atoms with Crippen molar-refractivity contribution in [1.82, 2.24) is 4.98 Å². The number of hydrogen-bond donors (Lipinski definition) is 1. The lowest BCUT2D eigenvalue weighted by atomic mass is 10.0. The number of nitrogens with zero attached hydrogens (tertiary/aromatic N) is 1. The number of ether oxygens (including phenoxy) is 1. The number of Topliss-reactive ketones (excluding diaryl/α,β-unsaturated/α-hetero) is 1. The molecule has 1 atom stereocenters. The highest BCUT2D eigenvalue weighted by Crippen LogP contribution is 2.42. The number of hydrogen-bond acceptors (Lipinski definition) is 6. The van der Waals surface area contributed by atoms with Crippen LogP contribution < -0.4 is 4.74 Å². The Labute approximate surface area is 159 Å². The van der Waals surface area contributed by atoms with Crippen molar-refractivity contribution >= 4 is 50.8 Å². The summed E-state index contributed by atoms with van der Waals surface area (Å²) in [4.78, 5) is 17.7. The zero-order chi connectivity index (χ0) is 18.1. The number of thiazole rings is 1. The molecule has 4 nitrogen and oxygen atoms in total. The first-order valence-corrected chi connectivity index (χ1v) is 9.94. The number of aromatic nitrogens is 1. The van der Waals surface area contributed by atoms with Crippen LogP contribution in [0.5, 0.6) is 5.75 Å². The fraction of sp³-hybridized carbons (Fsp3) is 0.150. The summed E-state index contributed by atoms with van der Waals surface area (Å²) >= 11 is 2.63. The summed E-state index contributed by atoms with van der Waals surface area (Å²) in [7, 11) is 0. The summed E-state index contributed by atoms with van der Waals surface area (Å²) in [6, 6.07) is 12.0. The van der Waals surface area contributed by atoms with Crippen molar-refractivity contribution in [1.29, 1.82) is 5.41 Å². The summed E-state index contributed by atoms with van der Waals surface area (Å²) in [6.45, 7) is 2.49. The van der Waals surface area contributed by atoms with E-state index >= 15 is 0 Å². The van der Waals surface area contributed by atoms with E-state index in [9.17, 15) is 4.79 Å². The van der Waals surface area contributed by atoms with E-state index in [2.05, 4.69) is 4.98 Å². The molecule has 0 spiro atoms. The van der Waals surface area contributed by atoms with Gasteiger partial charge in [-0.15, -0.1) is 11.3 Å². The first kappa shape index (κ1) is 17.0. The second kappa shape index (κ2) is 7.05. The van der Waals surface area contributed by atoms with Crippen molar-refractivity contribution in [2.24, 2.45) is 0 Å². The number of nitrogens with one attached hydrogen (secondary N) is 1. The van der Waals surface area contributed by atoms with Crippen molar-refractivity contribution in [3.63, 3.8) is 0 Å². The number of ketones is 1. The van der Waals surface area contributed by atoms with E-state index < -0.39 is 5.92 Å². The van der Waals surface area contributed by atoms with Crippen LogP contribution >= 0.6 is 23.1 Å². The Hall–Kier alpha value is -2.44. The molecule has 1 fully saturated rings. The molecule has 1 saturated heterocycles. The highest BCUT2D eigenvalue weighted by Gasteiger charge is 2.38. The van der Waals surface area contributed by atoms with Gasteiger partial charge in [-0.2, -0.15) is 0 Å². The van der Waals surface area contributed by atoms with Crippen LogP contribution in [0.15, 0.2) is 52.9 Å². The standard InChI is InChI=1S/C20H16N2O2S2/c1-2-24-15-8-7-12-5-3-4-6-13(12)14(15)11-16-18(23)17(19(21)26-16)20-22-9-10-25-20/h3-11,17,21H,2H2,1H3/b16-11-,21-19?/t17-/m1/s1. The molecule has 4 rings (SSSR count). The maximum atomic E-state index is 12.9. The molecule has 26 heavy (non-hydrogen) atoms. The number of thioether (sulfide) groups is 1. The smallest absolute Gasteiger partial charge is 0.186 e. The lowest BCUT2D eigenvalue weighted by Gasteiger charge is -2.11. The van der Waals surface area contributed by atoms with Gasteiger partial charge in [-0.1, -0.05) is 42.1 Å². The van der Waals surface area contributed by atoms with Crippen molar-refractivity contribution in [3.8, 4) is 5.75 Å². The maximum Gasteiger partial charge on any atom is 0.186 e. The van der Waals surface area contributed by atoms with Gasteiger partial charge < -0.3 is 4.74 Å². The molecule has 0 aliphatic carbocycles. The summed E-state index contributed by atoms with van der Waals surface area (Å²) in [5, 5.41) is 13.2. The van der Waals surface area contributed by atoms with Crippen molar-refractivity contribution in [3.05, 3.63) is 63.5 Å². The molecule has 1 aromatic heterocycles. The van der Waals surface area contributed by atoms with Gasteiger partial charge in [0, 0.05) is 17.1 Å². The number of fused-ring (bicyclic) bond motifs is 1. The van der Waals surface area contributed by atoms with Crippen LogP contribution in [-0.4, -0.2) is 22.4 Å². The van der Waals surface area contributed by atoms with E-state index in [1.54, 1.807) is 6.20 Å². The third-order valence-electron chi connectivity index (χ3n) is 4.19. The minimum atomic E-state index is -0.572. The molecule has 3 aromatic rings. The SMILES string of the molecule is CCOc1ccc2ccccc2c1/C=C1\SC(=N)[C@H](c2nccs2)C1=O. The fourth-order valence-corrected chi connectivity index (χ4v) is 4.81. The Morgan fingerprint density at radius 2 is 2.12 bits per heavy atom. The molecule has 0 saturated carbocycles. The van der Waals surface area contributed by atoms with E-state index in [1.165, 1.54) is 23.1 Å². The van der Waals surface area contributed by atoms with Crippen LogP contribution in [0.4, 0.5) is 0 Å². The number of rotatable bonds is 4. The third kappa shape index (κ3) is 2.95. The van der Waals surface area contributed by atoms with Crippen LogP contribution in [-0.2, 0) is 4.79 Å². The van der Waals surface area contributed by atoms with Crippen molar-refractivity contribution < 1.29 is 9.53 Å². The first-order chi connectivity index (χ1) is 12.7. The summed E-state index contributed by atoms with van der Waals surface area (Å²) in [5.74, 6) is 0.110. The molecule has 0 radical (unpaired) electrons. The second-order valence-electron chi connectivity index (χ2n) is 5.77.